The molecule has 0 aliphatic rings. The Labute approximate surface area is 179 Å². The van der Waals surface area contributed by atoms with Crippen molar-refractivity contribution in [3.05, 3.63) is 65.7 Å². The summed E-state index contributed by atoms with van der Waals surface area (Å²) in [6, 6.07) is 11.5. The molecule has 1 unspecified atom stereocenters. The van der Waals surface area contributed by atoms with Gasteiger partial charge in [0.15, 0.2) is 5.15 Å². The number of anilines is 1. The Balaban J connectivity index is 1.82. The molecule has 0 fully saturated rings. The fourth-order valence-corrected chi connectivity index (χ4v) is 4.04. The second-order valence-electron chi connectivity index (χ2n) is 6.30. The minimum Gasteiger partial charge on any atom is -0.497 e. The molecule has 0 N–H and O–H groups in total. The van der Waals surface area contributed by atoms with E-state index in [1.54, 1.807) is 47.0 Å². The standard InChI is InChI=1S/C21H23ClN4O2S/c1-4-25(18-14-26(24-21(18)22)16-8-6-10-23-13-16)20(27)12-19(29-3)15-7-5-9-17(11-15)28-2/h5-11,13-14,19H,4,12H2,1-3H3. The van der Waals surface area contributed by atoms with Crippen LogP contribution >= 0.6 is 23.4 Å². The molecule has 152 valence electrons. The van der Waals surface area contributed by atoms with Crippen molar-refractivity contribution in [2.45, 2.75) is 18.6 Å². The van der Waals surface area contributed by atoms with E-state index in [2.05, 4.69) is 10.1 Å². The summed E-state index contributed by atoms with van der Waals surface area (Å²) >= 11 is 8.01. The summed E-state index contributed by atoms with van der Waals surface area (Å²) in [6.07, 6.45) is 7.49. The summed E-state index contributed by atoms with van der Waals surface area (Å²) in [5.41, 5.74) is 2.43. The van der Waals surface area contributed by atoms with Gasteiger partial charge >= 0.3 is 0 Å². The molecule has 0 aliphatic carbocycles. The summed E-state index contributed by atoms with van der Waals surface area (Å²) in [7, 11) is 1.64. The highest BCUT2D eigenvalue weighted by Crippen LogP contribution is 2.34. The quantitative estimate of drug-likeness (QED) is 0.514. The first kappa shape index (κ1) is 21.2. The minimum absolute atomic E-state index is 0.0118. The first-order chi connectivity index (χ1) is 14.1. The van der Waals surface area contributed by atoms with Gasteiger partial charge in [-0.3, -0.25) is 9.78 Å². The second kappa shape index (κ2) is 9.80. The molecule has 2 aromatic heterocycles. The molecule has 0 saturated carbocycles. The van der Waals surface area contributed by atoms with Crippen LogP contribution in [0.1, 0.15) is 24.2 Å². The van der Waals surface area contributed by atoms with Crippen LogP contribution in [0.3, 0.4) is 0 Å². The van der Waals surface area contributed by atoms with Gasteiger partial charge in [0.2, 0.25) is 5.91 Å². The number of nitrogens with zero attached hydrogens (tertiary/aromatic N) is 4. The van der Waals surface area contributed by atoms with Crippen molar-refractivity contribution in [3.8, 4) is 11.4 Å². The maximum Gasteiger partial charge on any atom is 0.228 e. The zero-order valence-corrected chi connectivity index (χ0v) is 18.2. The number of aromatic nitrogens is 3. The fourth-order valence-electron chi connectivity index (χ4n) is 3.08. The molecular formula is C21H23ClN4O2S. The topological polar surface area (TPSA) is 60.2 Å². The van der Waals surface area contributed by atoms with E-state index in [1.807, 2.05) is 49.6 Å². The van der Waals surface area contributed by atoms with Crippen molar-refractivity contribution in [3.63, 3.8) is 0 Å². The Morgan fingerprint density at radius 1 is 1.34 bits per heavy atom. The number of pyridine rings is 1. The fraction of sp³-hybridized carbons (Fsp3) is 0.286. The van der Waals surface area contributed by atoms with Crippen LogP contribution in [-0.2, 0) is 4.79 Å². The molecule has 3 rings (SSSR count). The van der Waals surface area contributed by atoms with Crippen molar-refractivity contribution in [2.24, 2.45) is 0 Å². The molecule has 8 heteroatoms. The average molecular weight is 431 g/mol. The molecule has 0 saturated heterocycles. The number of rotatable bonds is 8. The van der Waals surface area contributed by atoms with E-state index >= 15 is 0 Å². The van der Waals surface area contributed by atoms with Crippen LogP contribution < -0.4 is 9.64 Å². The molecule has 3 aromatic rings. The SMILES string of the molecule is CCN(C(=O)CC(SC)c1cccc(OC)c1)c1cn(-c2cccnc2)nc1Cl. The highest BCUT2D eigenvalue weighted by atomic mass is 35.5. The predicted molar refractivity (Wildman–Crippen MR) is 118 cm³/mol. The van der Waals surface area contributed by atoms with Crippen molar-refractivity contribution >= 4 is 35.0 Å². The van der Waals surface area contributed by atoms with Crippen LogP contribution in [0.4, 0.5) is 5.69 Å². The van der Waals surface area contributed by atoms with Crippen LogP contribution in [0.5, 0.6) is 5.75 Å². The first-order valence-corrected chi connectivity index (χ1v) is 10.9. The number of benzene rings is 1. The van der Waals surface area contributed by atoms with E-state index in [-0.39, 0.29) is 16.3 Å². The maximum absolute atomic E-state index is 13.1. The van der Waals surface area contributed by atoms with Gasteiger partial charge in [-0.15, -0.1) is 0 Å². The Morgan fingerprint density at radius 3 is 2.83 bits per heavy atom. The number of amides is 1. The van der Waals surface area contributed by atoms with Gasteiger partial charge in [-0.1, -0.05) is 23.7 Å². The van der Waals surface area contributed by atoms with Crippen LogP contribution in [0.25, 0.3) is 5.69 Å². The summed E-state index contributed by atoms with van der Waals surface area (Å²) in [6.45, 7) is 2.42. The van der Waals surface area contributed by atoms with Crippen molar-refractivity contribution in [1.29, 1.82) is 0 Å². The van der Waals surface area contributed by atoms with Crippen LogP contribution in [-0.4, -0.2) is 40.6 Å². The maximum atomic E-state index is 13.1. The summed E-state index contributed by atoms with van der Waals surface area (Å²) < 4.78 is 6.95. The molecule has 29 heavy (non-hydrogen) atoms. The predicted octanol–water partition coefficient (Wildman–Crippen LogP) is 4.78. The molecule has 0 spiro atoms. The number of carbonyl (C=O) groups excluding carboxylic acids is 1. The lowest BCUT2D eigenvalue weighted by molar-refractivity contribution is -0.118. The zero-order valence-electron chi connectivity index (χ0n) is 16.6. The summed E-state index contributed by atoms with van der Waals surface area (Å²) in [4.78, 5) is 18.9. The smallest absolute Gasteiger partial charge is 0.228 e. The van der Waals surface area contributed by atoms with E-state index in [4.69, 9.17) is 16.3 Å². The minimum atomic E-state index is -0.0118. The third-order valence-electron chi connectivity index (χ3n) is 4.58. The van der Waals surface area contributed by atoms with Crippen LogP contribution in [0, 0.1) is 0 Å². The molecule has 2 heterocycles. The van der Waals surface area contributed by atoms with Crippen LogP contribution in [0.2, 0.25) is 5.15 Å². The molecule has 0 radical (unpaired) electrons. The number of hydrogen-bond acceptors (Lipinski definition) is 5. The van der Waals surface area contributed by atoms with Gasteiger partial charge in [0.05, 0.1) is 25.2 Å². The molecule has 6 nitrogen and oxygen atoms in total. The average Bonchev–Trinajstić information content (AvgIpc) is 3.14. The Morgan fingerprint density at radius 2 is 2.17 bits per heavy atom. The second-order valence-corrected chi connectivity index (χ2v) is 7.70. The molecule has 0 bridgehead atoms. The number of halogens is 1. The van der Waals surface area contributed by atoms with Gasteiger partial charge in [0.25, 0.3) is 0 Å². The highest BCUT2D eigenvalue weighted by Gasteiger charge is 2.24. The molecule has 1 aromatic carbocycles. The molecule has 1 atom stereocenters. The van der Waals surface area contributed by atoms with Gasteiger partial charge in [0.1, 0.15) is 11.4 Å². The Bertz CT molecular complexity index is 964. The lowest BCUT2D eigenvalue weighted by Gasteiger charge is -2.23. The number of methoxy groups -OCH3 is 1. The summed E-state index contributed by atoms with van der Waals surface area (Å²) in [5.74, 6) is 0.768. The first-order valence-electron chi connectivity index (χ1n) is 9.20. The van der Waals surface area contributed by atoms with Crippen LogP contribution in [0.15, 0.2) is 55.0 Å². The monoisotopic (exact) mass is 430 g/mol. The van der Waals surface area contributed by atoms with Gasteiger partial charge < -0.3 is 9.64 Å². The van der Waals surface area contributed by atoms with Crippen molar-refractivity contribution < 1.29 is 9.53 Å². The largest absolute Gasteiger partial charge is 0.497 e. The van der Waals surface area contributed by atoms with Crippen molar-refractivity contribution in [2.75, 3.05) is 24.8 Å². The third kappa shape index (κ3) is 4.92. The summed E-state index contributed by atoms with van der Waals surface area (Å²) in [5, 5.41) is 4.63. The zero-order chi connectivity index (χ0) is 20.8. The third-order valence-corrected chi connectivity index (χ3v) is 5.86. The van der Waals surface area contributed by atoms with E-state index in [9.17, 15) is 4.79 Å². The van der Waals surface area contributed by atoms with E-state index in [0.29, 0.717) is 18.7 Å². The Kier molecular flexibility index (Phi) is 7.17. The molecule has 1 amide bonds. The van der Waals surface area contributed by atoms with Gasteiger partial charge in [0, 0.05) is 24.4 Å². The normalized spacial score (nSPS) is 11.9. The van der Waals surface area contributed by atoms with E-state index in [0.717, 1.165) is 17.0 Å². The van der Waals surface area contributed by atoms with Gasteiger partial charge in [-0.05, 0) is 43.0 Å². The molecular weight excluding hydrogens is 408 g/mol. The van der Waals surface area contributed by atoms with Gasteiger partial charge in [-0.2, -0.15) is 16.9 Å². The number of ether oxygens (including phenoxy) is 1. The molecule has 0 aliphatic heterocycles. The number of thioether (sulfide) groups is 1. The Hall–Kier alpha value is -2.51. The lowest BCUT2D eigenvalue weighted by atomic mass is 10.1. The van der Waals surface area contributed by atoms with E-state index in [1.165, 1.54) is 0 Å². The number of hydrogen-bond donors (Lipinski definition) is 0. The van der Waals surface area contributed by atoms with Crippen molar-refractivity contribution in [1.82, 2.24) is 14.8 Å². The van der Waals surface area contributed by atoms with Gasteiger partial charge in [-0.25, -0.2) is 4.68 Å². The number of carbonyl (C=O) groups is 1. The lowest BCUT2D eigenvalue weighted by Crippen LogP contribution is -2.31. The van der Waals surface area contributed by atoms with E-state index < -0.39 is 0 Å². The highest BCUT2D eigenvalue weighted by molar-refractivity contribution is 7.98.